The highest BCUT2D eigenvalue weighted by Crippen LogP contribution is 2.14. The van der Waals surface area contributed by atoms with Crippen molar-refractivity contribution < 1.29 is 5.11 Å². The Kier molecular flexibility index (Phi) is 10.5. The molecule has 0 aromatic rings. The van der Waals surface area contributed by atoms with E-state index in [1.807, 2.05) is 6.08 Å². The zero-order chi connectivity index (χ0) is 10.6. The van der Waals surface area contributed by atoms with E-state index in [1.165, 1.54) is 44.9 Å². The lowest BCUT2D eigenvalue weighted by atomic mass is 9.99. The van der Waals surface area contributed by atoms with Gasteiger partial charge in [-0.05, 0) is 25.2 Å². The van der Waals surface area contributed by atoms with Crippen molar-refractivity contribution in [3.63, 3.8) is 0 Å². The van der Waals surface area contributed by atoms with E-state index in [2.05, 4.69) is 13.5 Å². The second-order valence-electron chi connectivity index (χ2n) is 4.25. The van der Waals surface area contributed by atoms with Gasteiger partial charge in [0.05, 0.1) is 0 Å². The van der Waals surface area contributed by atoms with Crippen molar-refractivity contribution in [3.05, 3.63) is 12.7 Å². The minimum absolute atomic E-state index is 0.348. The van der Waals surface area contributed by atoms with Gasteiger partial charge in [-0.25, -0.2) is 0 Å². The first-order valence-electron chi connectivity index (χ1n) is 6.03. The van der Waals surface area contributed by atoms with Gasteiger partial charge < -0.3 is 5.11 Å². The van der Waals surface area contributed by atoms with Crippen molar-refractivity contribution >= 4 is 0 Å². The quantitative estimate of drug-likeness (QED) is 0.416. The van der Waals surface area contributed by atoms with Gasteiger partial charge in [0.1, 0.15) is 0 Å². The molecular formula is C13H26O. The highest BCUT2D eigenvalue weighted by Gasteiger charge is 2.00. The summed E-state index contributed by atoms with van der Waals surface area (Å²) in [7, 11) is 0. The Morgan fingerprint density at radius 2 is 1.71 bits per heavy atom. The van der Waals surface area contributed by atoms with Gasteiger partial charge in [0.15, 0.2) is 0 Å². The molecule has 0 unspecified atom stereocenters. The Morgan fingerprint density at radius 1 is 1.07 bits per heavy atom. The molecule has 0 bridgehead atoms. The molecule has 1 atom stereocenters. The fourth-order valence-corrected chi connectivity index (χ4v) is 1.68. The summed E-state index contributed by atoms with van der Waals surface area (Å²) in [6.45, 7) is 6.29. The van der Waals surface area contributed by atoms with Crippen LogP contribution in [0.3, 0.4) is 0 Å². The number of hydrogen-bond acceptors (Lipinski definition) is 1. The number of rotatable bonds is 10. The summed E-state index contributed by atoms with van der Waals surface area (Å²) in [5.74, 6) is 0.702. The zero-order valence-electron chi connectivity index (χ0n) is 9.67. The molecule has 0 aliphatic heterocycles. The Balaban J connectivity index is 3.01. The highest BCUT2D eigenvalue weighted by atomic mass is 16.3. The molecule has 1 nitrogen and oxygen atoms in total. The SMILES string of the molecule is C=CCCCCCCC[C@@H](C)CCO. The average Bonchev–Trinajstić information content (AvgIpc) is 2.17. The van der Waals surface area contributed by atoms with Crippen molar-refractivity contribution in [3.8, 4) is 0 Å². The predicted molar refractivity (Wildman–Crippen MR) is 63.4 cm³/mol. The minimum atomic E-state index is 0.348. The number of unbranched alkanes of at least 4 members (excludes halogenated alkanes) is 5. The summed E-state index contributed by atoms with van der Waals surface area (Å²) >= 11 is 0. The molecule has 0 saturated heterocycles. The van der Waals surface area contributed by atoms with Gasteiger partial charge >= 0.3 is 0 Å². The first-order chi connectivity index (χ1) is 6.81. The third kappa shape index (κ3) is 9.79. The largest absolute Gasteiger partial charge is 0.396 e. The monoisotopic (exact) mass is 198 g/mol. The number of aliphatic hydroxyl groups excluding tert-OH is 1. The molecule has 0 aromatic carbocycles. The molecule has 14 heavy (non-hydrogen) atoms. The van der Waals surface area contributed by atoms with Crippen LogP contribution in [-0.4, -0.2) is 11.7 Å². The molecular weight excluding hydrogens is 172 g/mol. The van der Waals surface area contributed by atoms with Crippen molar-refractivity contribution in [2.45, 2.75) is 58.3 Å². The van der Waals surface area contributed by atoms with Crippen LogP contribution in [0.5, 0.6) is 0 Å². The van der Waals surface area contributed by atoms with Gasteiger partial charge in [0.25, 0.3) is 0 Å². The van der Waals surface area contributed by atoms with E-state index in [9.17, 15) is 0 Å². The Labute approximate surface area is 89.2 Å². The van der Waals surface area contributed by atoms with E-state index < -0.39 is 0 Å². The molecule has 84 valence electrons. The molecule has 0 rings (SSSR count). The summed E-state index contributed by atoms with van der Waals surface area (Å²) in [5, 5.41) is 8.73. The second kappa shape index (κ2) is 10.8. The second-order valence-corrected chi connectivity index (χ2v) is 4.25. The molecule has 0 radical (unpaired) electrons. The smallest absolute Gasteiger partial charge is 0.0433 e. The van der Waals surface area contributed by atoms with Crippen molar-refractivity contribution in [1.29, 1.82) is 0 Å². The highest BCUT2D eigenvalue weighted by molar-refractivity contribution is 4.65. The van der Waals surface area contributed by atoms with E-state index in [4.69, 9.17) is 5.11 Å². The third-order valence-corrected chi connectivity index (χ3v) is 2.73. The number of hydrogen-bond donors (Lipinski definition) is 1. The Morgan fingerprint density at radius 3 is 2.36 bits per heavy atom. The van der Waals surface area contributed by atoms with Crippen LogP contribution < -0.4 is 0 Å². The Hall–Kier alpha value is -0.300. The van der Waals surface area contributed by atoms with Gasteiger partial charge in [-0.1, -0.05) is 45.1 Å². The van der Waals surface area contributed by atoms with Crippen LogP contribution in [0.4, 0.5) is 0 Å². The normalized spacial score (nSPS) is 12.7. The third-order valence-electron chi connectivity index (χ3n) is 2.73. The summed E-state index contributed by atoms with van der Waals surface area (Å²) in [6, 6.07) is 0. The molecule has 0 aliphatic carbocycles. The molecule has 0 spiro atoms. The standard InChI is InChI=1S/C13H26O/c1-3-4-5-6-7-8-9-10-13(2)11-12-14/h3,13-14H,1,4-12H2,2H3/t13-/m1/s1. The first-order valence-corrected chi connectivity index (χ1v) is 6.03. The van der Waals surface area contributed by atoms with Gasteiger partial charge in [-0.15, -0.1) is 6.58 Å². The van der Waals surface area contributed by atoms with Gasteiger partial charge in [0.2, 0.25) is 0 Å². The van der Waals surface area contributed by atoms with Crippen LogP contribution in [0.1, 0.15) is 58.3 Å². The molecule has 1 heteroatoms. The summed E-state index contributed by atoms with van der Waals surface area (Å²) in [4.78, 5) is 0. The van der Waals surface area contributed by atoms with Crippen molar-refractivity contribution in [2.24, 2.45) is 5.92 Å². The van der Waals surface area contributed by atoms with Crippen LogP contribution in [0, 0.1) is 5.92 Å². The maximum absolute atomic E-state index is 8.73. The van der Waals surface area contributed by atoms with E-state index in [1.54, 1.807) is 0 Å². The minimum Gasteiger partial charge on any atom is -0.396 e. The van der Waals surface area contributed by atoms with Crippen molar-refractivity contribution in [2.75, 3.05) is 6.61 Å². The number of allylic oxidation sites excluding steroid dienone is 1. The topological polar surface area (TPSA) is 20.2 Å². The lowest BCUT2D eigenvalue weighted by molar-refractivity contribution is 0.256. The molecule has 0 saturated carbocycles. The van der Waals surface area contributed by atoms with Crippen LogP contribution in [0.15, 0.2) is 12.7 Å². The molecule has 0 aliphatic rings. The fraction of sp³-hybridized carbons (Fsp3) is 0.846. The summed E-state index contributed by atoms with van der Waals surface area (Å²) in [5.41, 5.74) is 0. The van der Waals surface area contributed by atoms with Crippen LogP contribution >= 0.6 is 0 Å². The van der Waals surface area contributed by atoms with Crippen LogP contribution in [-0.2, 0) is 0 Å². The lowest BCUT2D eigenvalue weighted by Gasteiger charge is -2.08. The maximum atomic E-state index is 8.73. The summed E-state index contributed by atoms with van der Waals surface area (Å²) < 4.78 is 0. The predicted octanol–water partition coefficient (Wildman–Crippen LogP) is 3.92. The average molecular weight is 198 g/mol. The lowest BCUT2D eigenvalue weighted by Crippen LogP contribution is -1.97. The van der Waals surface area contributed by atoms with Gasteiger partial charge in [-0.3, -0.25) is 0 Å². The summed E-state index contributed by atoms with van der Waals surface area (Å²) in [6.07, 6.45) is 12.1. The van der Waals surface area contributed by atoms with E-state index in [0.29, 0.717) is 12.5 Å². The Bertz CT molecular complexity index is 120. The molecule has 0 aromatic heterocycles. The molecule has 0 amide bonds. The molecule has 1 N–H and O–H groups in total. The van der Waals surface area contributed by atoms with Crippen molar-refractivity contribution in [1.82, 2.24) is 0 Å². The number of aliphatic hydroxyl groups is 1. The van der Waals surface area contributed by atoms with Crippen LogP contribution in [0.25, 0.3) is 0 Å². The molecule has 0 heterocycles. The maximum Gasteiger partial charge on any atom is 0.0433 e. The zero-order valence-corrected chi connectivity index (χ0v) is 9.67. The van der Waals surface area contributed by atoms with E-state index in [0.717, 1.165) is 6.42 Å². The van der Waals surface area contributed by atoms with Crippen LogP contribution in [0.2, 0.25) is 0 Å². The van der Waals surface area contributed by atoms with Gasteiger partial charge in [0, 0.05) is 6.61 Å². The molecule has 0 fully saturated rings. The van der Waals surface area contributed by atoms with Gasteiger partial charge in [-0.2, -0.15) is 0 Å². The van der Waals surface area contributed by atoms with E-state index in [-0.39, 0.29) is 0 Å². The first kappa shape index (κ1) is 13.7. The van der Waals surface area contributed by atoms with E-state index >= 15 is 0 Å². The fourth-order valence-electron chi connectivity index (χ4n) is 1.68.